The van der Waals surface area contributed by atoms with Crippen LogP contribution in [-0.2, 0) is 6.42 Å². The largest absolute Gasteiger partial charge is 0.204 e. The summed E-state index contributed by atoms with van der Waals surface area (Å²) in [6, 6.07) is 4.49. The van der Waals surface area contributed by atoms with E-state index in [9.17, 15) is 8.78 Å². The Hall–Kier alpha value is -0.440. The van der Waals surface area contributed by atoms with E-state index in [0.717, 1.165) is 12.8 Å². The molecule has 0 bridgehead atoms. The van der Waals surface area contributed by atoms with Crippen LogP contribution in [0.4, 0.5) is 8.78 Å². The van der Waals surface area contributed by atoms with Crippen LogP contribution in [0.1, 0.15) is 45.6 Å². The maximum absolute atomic E-state index is 13.8. The van der Waals surface area contributed by atoms with Crippen LogP contribution in [0.15, 0.2) is 18.2 Å². The molecule has 0 amide bonds. The van der Waals surface area contributed by atoms with Gasteiger partial charge in [0.2, 0.25) is 0 Å². The van der Waals surface area contributed by atoms with E-state index in [1.807, 2.05) is 0 Å². The van der Waals surface area contributed by atoms with Crippen molar-refractivity contribution >= 4 is 15.9 Å². The molecule has 3 atom stereocenters. The van der Waals surface area contributed by atoms with Gasteiger partial charge < -0.3 is 0 Å². The van der Waals surface area contributed by atoms with E-state index in [4.69, 9.17) is 0 Å². The lowest BCUT2D eigenvalue weighted by Gasteiger charge is -2.40. The normalized spacial score (nSPS) is 27.6. The molecule has 0 saturated heterocycles. The van der Waals surface area contributed by atoms with Crippen molar-refractivity contribution < 1.29 is 8.78 Å². The fraction of sp³-hybridized carbons (Fsp3) is 0.647. The molecule has 3 heteroatoms. The van der Waals surface area contributed by atoms with E-state index in [-0.39, 0.29) is 5.41 Å². The fourth-order valence-electron chi connectivity index (χ4n) is 3.21. The molecule has 0 spiro atoms. The van der Waals surface area contributed by atoms with E-state index in [1.54, 1.807) is 12.1 Å². The van der Waals surface area contributed by atoms with Gasteiger partial charge in [-0.1, -0.05) is 48.8 Å². The zero-order valence-corrected chi connectivity index (χ0v) is 14.0. The van der Waals surface area contributed by atoms with Crippen LogP contribution in [0.3, 0.4) is 0 Å². The van der Waals surface area contributed by atoms with Gasteiger partial charge in [-0.3, -0.25) is 0 Å². The summed E-state index contributed by atoms with van der Waals surface area (Å²) in [5.41, 5.74) is 0.792. The highest BCUT2D eigenvalue weighted by Crippen LogP contribution is 2.43. The van der Waals surface area contributed by atoms with E-state index >= 15 is 0 Å². The van der Waals surface area contributed by atoms with Crippen molar-refractivity contribution in [2.45, 2.75) is 51.3 Å². The lowest BCUT2D eigenvalue weighted by atomic mass is 9.68. The van der Waals surface area contributed by atoms with Gasteiger partial charge in [-0.05, 0) is 54.6 Å². The van der Waals surface area contributed by atoms with Crippen LogP contribution in [0.5, 0.6) is 0 Å². The summed E-state index contributed by atoms with van der Waals surface area (Å²) in [7, 11) is 0. The first-order valence-electron chi connectivity index (χ1n) is 7.36. The number of halogens is 3. The third-order valence-corrected chi connectivity index (χ3v) is 5.83. The Labute approximate surface area is 129 Å². The molecule has 0 aliphatic heterocycles. The third-order valence-electron chi connectivity index (χ3n) is 4.63. The molecule has 1 saturated carbocycles. The van der Waals surface area contributed by atoms with Crippen molar-refractivity contribution in [3.05, 3.63) is 35.4 Å². The molecular formula is C17H23BrF2. The summed E-state index contributed by atoms with van der Waals surface area (Å²) in [5, 5.41) is 0. The highest BCUT2D eigenvalue weighted by molar-refractivity contribution is 9.09. The number of hydrogen-bond acceptors (Lipinski definition) is 0. The zero-order valence-electron chi connectivity index (χ0n) is 12.4. The van der Waals surface area contributed by atoms with Crippen LogP contribution in [0.2, 0.25) is 0 Å². The summed E-state index contributed by atoms with van der Waals surface area (Å²) < 4.78 is 27.1. The third kappa shape index (κ3) is 3.60. The van der Waals surface area contributed by atoms with Gasteiger partial charge in [0.25, 0.3) is 0 Å². The fourth-order valence-corrected chi connectivity index (χ4v) is 3.88. The van der Waals surface area contributed by atoms with E-state index < -0.39 is 11.6 Å². The zero-order chi connectivity index (χ0) is 14.9. The van der Waals surface area contributed by atoms with Gasteiger partial charge >= 0.3 is 0 Å². The van der Waals surface area contributed by atoms with Crippen molar-refractivity contribution in [2.24, 2.45) is 17.3 Å². The molecule has 3 unspecified atom stereocenters. The minimum atomic E-state index is -0.739. The molecule has 0 heterocycles. The van der Waals surface area contributed by atoms with Crippen molar-refractivity contribution in [1.29, 1.82) is 0 Å². The van der Waals surface area contributed by atoms with Gasteiger partial charge in [0.1, 0.15) is 0 Å². The molecule has 20 heavy (non-hydrogen) atoms. The molecule has 0 radical (unpaired) electrons. The maximum atomic E-state index is 13.8. The molecule has 2 rings (SSSR count). The Morgan fingerprint density at radius 2 is 1.90 bits per heavy atom. The van der Waals surface area contributed by atoms with Gasteiger partial charge in [0, 0.05) is 4.83 Å². The molecule has 1 aliphatic rings. The summed E-state index contributed by atoms with van der Waals surface area (Å²) in [6.45, 7) is 6.81. The average molecular weight is 345 g/mol. The summed E-state index contributed by atoms with van der Waals surface area (Å²) in [5.74, 6) is -0.385. The Morgan fingerprint density at radius 1 is 1.20 bits per heavy atom. The lowest BCUT2D eigenvalue weighted by molar-refractivity contribution is 0.146. The minimum Gasteiger partial charge on any atom is -0.204 e. The second kappa shape index (κ2) is 6.13. The SMILES string of the molecule is CC(C)(C)C1CCC(Br)C(Cc2cccc(F)c2F)C1. The monoisotopic (exact) mass is 344 g/mol. The van der Waals surface area contributed by atoms with Gasteiger partial charge in [-0.2, -0.15) is 0 Å². The lowest BCUT2D eigenvalue weighted by Crippen LogP contribution is -2.33. The summed E-state index contributed by atoms with van der Waals surface area (Å²) in [4.78, 5) is 0.406. The van der Waals surface area contributed by atoms with E-state index in [1.165, 1.54) is 12.5 Å². The first-order valence-corrected chi connectivity index (χ1v) is 8.27. The molecule has 1 aliphatic carbocycles. The molecule has 0 N–H and O–H groups in total. The Bertz CT molecular complexity index is 465. The smallest absolute Gasteiger partial charge is 0.162 e. The van der Waals surface area contributed by atoms with Crippen molar-refractivity contribution in [2.75, 3.05) is 0 Å². The minimum absolute atomic E-state index is 0.284. The van der Waals surface area contributed by atoms with Crippen molar-refractivity contribution in [3.63, 3.8) is 0 Å². The van der Waals surface area contributed by atoms with Crippen LogP contribution in [0, 0.1) is 28.9 Å². The highest BCUT2D eigenvalue weighted by Gasteiger charge is 2.35. The average Bonchev–Trinajstić information content (AvgIpc) is 2.36. The highest BCUT2D eigenvalue weighted by atomic mass is 79.9. The first-order chi connectivity index (χ1) is 9.29. The molecule has 1 aromatic rings. The summed E-state index contributed by atoms with van der Waals surface area (Å²) in [6.07, 6.45) is 4.02. The molecule has 0 nitrogen and oxygen atoms in total. The molecular weight excluding hydrogens is 322 g/mol. The Morgan fingerprint density at radius 3 is 2.55 bits per heavy atom. The van der Waals surface area contributed by atoms with Gasteiger partial charge in [-0.25, -0.2) is 8.78 Å². The van der Waals surface area contributed by atoms with Crippen molar-refractivity contribution in [1.82, 2.24) is 0 Å². The predicted molar refractivity (Wildman–Crippen MR) is 83.1 cm³/mol. The van der Waals surface area contributed by atoms with Crippen LogP contribution in [0.25, 0.3) is 0 Å². The topological polar surface area (TPSA) is 0 Å². The van der Waals surface area contributed by atoms with Crippen LogP contribution < -0.4 is 0 Å². The summed E-state index contributed by atoms with van der Waals surface area (Å²) >= 11 is 3.73. The number of rotatable bonds is 2. The number of hydrogen-bond donors (Lipinski definition) is 0. The van der Waals surface area contributed by atoms with Crippen molar-refractivity contribution in [3.8, 4) is 0 Å². The van der Waals surface area contributed by atoms with E-state index in [0.29, 0.717) is 28.6 Å². The van der Waals surface area contributed by atoms with Crippen LogP contribution >= 0.6 is 15.9 Å². The van der Waals surface area contributed by atoms with Gasteiger partial charge in [-0.15, -0.1) is 0 Å². The first kappa shape index (κ1) is 15.9. The molecule has 1 aromatic carbocycles. The molecule has 0 aromatic heterocycles. The van der Waals surface area contributed by atoms with Gasteiger partial charge in [0.15, 0.2) is 11.6 Å². The standard InChI is InChI=1S/C17H23BrF2/c1-17(2,3)13-7-8-14(18)12(10-13)9-11-5-4-6-15(19)16(11)20/h4-6,12-14H,7-10H2,1-3H3. The Kier molecular flexibility index (Phi) is 4.88. The predicted octanol–water partition coefficient (Wildman–Crippen LogP) is 5.73. The molecule has 112 valence electrons. The molecule has 1 fully saturated rings. The van der Waals surface area contributed by atoms with Crippen LogP contribution in [-0.4, -0.2) is 4.83 Å². The number of benzene rings is 1. The maximum Gasteiger partial charge on any atom is 0.162 e. The van der Waals surface area contributed by atoms with Gasteiger partial charge in [0.05, 0.1) is 0 Å². The second-order valence-corrected chi connectivity index (χ2v) is 8.25. The number of alkyl halides is 1. The quantitative estimate of drug-likeness (QED) is 0.600. The second-order valence-electron chi connectivity index (χ2n) is 7.07. The Balaban J connectivity index is 2.12. The van der Waals surface area contributed by atoms with E-state index in [2.05, 4.69) is 36.7 Å².